The maximum absolute atomic E-state index is 11.7. The standard InChI is InChI=1S/C14H14N2O6/c1-20-7-8-21-9-13(17)22-12-5-4-11(16(18)19)10-3-2-6-15-14(10)12/h2-6H,7-9H2,1H3. The lowest BCUT2D eigenvalue weighted by Gasteiger charge is -2.07. The van der Waals surface area contributed by atoms with Crippen molar-refractivity contribution in [2.45, 2.75) is 0 Å². The summed E-state index contributed by atoms with van der Waals surface area (Å²) in [6, 6.07) is 5.75. The molecule has 0 radical (unpaired) electrons. The molecule has 8 nitrogen and oxygen atoms in total. The molecule has 1 aromatic carbocycles. The third kappa shape index (κ3) is 3.74. The van der Waals surface area contributed by atoms with E-state index in [1.54, 1.807) is 12.1 Å². The Bertz CT molecular complexity index is 688. The summed E-state index contributed by atoms with van der Waals surface area (Å²) < 4.78 is 15.0. The van der Waals surface area contributed by atoms with Gasteiger partial charge in [0.15, 0.2) is 5.75 Å². The Morgan fingerprint density at radius 3 is 2.86 bits per heavy atom. The number of hydrogen-bond acceptors (Lipinski definition) is 7. The summed E-state index contributed by atoms with van der Waals surface area (Å²) in [5, 5.41) is 11.3. The Morgan fingerprint density at radius 1 is 1.32 bits per heavy atom. The van der Waals surface area contributed by atoms with Gasteiger partial charge in [-0.3, -0.25) is 15.1 Å². The van der Waals surface area contributed by atoms with Crippen LogP contribution in [0, 0.1) is 10.1 Å². The summed E-state index contributed by atoms with van der Waals surface area (Å²) >= 11 is 0. The fraction of sp³-hybridized carbons (Fsp3) is 0.286. The van der Waals surface area contributed by atoms with Crippen molar-refractivity contribution in [2.24, 2.45) is 0 Å². The van der Waals surface area contributed by atoms with Gasteiger partial charge in [-0.2, -0.15) is 0 Å². The quantitative estimate of drug-likeness (QED) is 0.252. The van der Waals surface area contributed by atoms with Gasteiger partial charge in [0, 0.05) is 19.4 Å². The molecule has 22 heavy (non-hydrogen) atoms. The second-order valence-electron chi connectivity index (χ2n) is 4.26. The third-order valence-corrected chi connectivity index (χ3v) is 2.78. The number of carbonyl (C=O) groups excluding carboxylic acids is 1. The first-order valence-corrected chi connectivity index (χ1v) is 6.43. The summed E-state index contributed by atoms with van der Waals surface area (Å²) in [5.74, 6) is -0.460. The van der Waals surface area contributed by atoms with Gasteiger partial charge in [0.05, 0.1) is 23.5 Å². The molecule has 116 valence electrons. The predicted molar refractivity (Wildman–Crippen MR) is 76.7 cm³/mol. The highest BCUT2D eigenvalue weighted by Gasteiger charge is 2.17. The average Bonchev–Trinajstić information content (AvgIpc) is 2.51. The van der Waals surface area contributed by atoms with Gasteiger partial charge in [-0.1, -0.05) is 0 Å². The first-order chi connectivity index (χ1) is 10.6. The molecule has 0 N–H and O–H groups in total. The number of nitro groups is 1. The first-order valence-electron chi connectivity index (χ1n) is 6.43. The number of nitro benzene ring substituents is 1. The molecular formula is C14H14N2O6. The van der Waals surface area contributed by atoms with Gasteiger partial charge in [-0.05, 0) is 18.2 Å². The van der Waals surface area contributed by atoms with Crippen molar-refractivity contribution in [1.82, 2.24) is 4.98 Å². The molecule has 0 saturated heterocycles. The highest BCUT2D eigenvalue weighted by Crippen LogP contribution is 2.31. The number of esters is 1. The molecule has 0 saturated carbocycles. The Hall–Kier alpha value is -2.58. The van der Waals surface area contributed by atoms with Crippen molar-refractivity contribution in [1.29, 1.82) is 0 Å². The van der Waals surface area contributed by atoms with Gasteiger partial charge < -0.3 is 14.2 Å². The average molecular weight is 306 g/mol. The zero-order chi connectivity index (χ0) is 15.9. The summed E-state index contributed by atoms with van der Waals surface area (Å²) in [6.45, 7) is 0.398. The van der Waals surface area contributed by atoms with Crippen molar-refractivity contribution in [3.05, 3.63) is 40.6 Å². The molecule has 1 aromatic heterocycles. The van der Waals surface area contributed by atoms with E-state index >= 15 is 0 Å². The number of pyridine rings is 1. The maximum atomic E-state index is 11.7. The van der Waals surface area contributed by atoms with Crippen molar-refractivity contribution in [2.75, 3.05) is 26.9 Å². The summed E-state index contributed by atoms with van der Waals surface area (Å²) in [7, 11) is 1.52. The SMILES string of the molecule is COCCOCC(=O)Oc1ccc([N+](=O)[O-])c2cccnc12. The van der Waals surface area contributed by atoms with E-state index in [2.05, 4.69) is 4.98 Å². The molecule has 1 heterocycles. The molecule has 0 fully saturated rings. The van der Waals surface area contributed by atoms with Crippen LogP contribution < -0.4 is 4.74 Å². The molecule has 0 aliphatic heterocycles. The largest absolute Gasteiger partial charge is 0.422 e. The summed E-state index contributed by atoms with van der Waals surface area (Å²) in [4.78, 5) is 26.2. The smallest absolute Gasteiger partial charge is 0.337 e. The van der Waals surface area contributed by atoms with Gasteiger partial charge in [-0.25, -0.2) is 4.79 Å². The van der Waals surface area contributed by atoms with Crippen LogP contribution >= 0.6 is 0 Å². The Labute approximate surface area is 125 Å². The number of hydrogen-bond donors (Lipinski definition) is 0. The summed E-state index contributed by atoms with van der Waals surface area (Å²) in [5.41, 5.74) is 0.154. The number of nitrogens with zero attached hydrogens (tertiary/aromatic N) is 2. The van der Waals surface area contributed by atoms with Gasteiger partial charge in [-0.15, -0.1) is 0 Å². The molecule has 0 aliphatic carbocycles. The number of rotatable bonds is 7. The van der Waals surface area contributed by atoms with Gasteiger partial charge in [0.1, 0.15) is 12.1 Å². The third-order valence-electron chi connectivity index (χ3n) is 2.78. The number of fused-ring (bicyclic) bond motifs is 1. The Balaban J connectivity index is 2.17. The van der Waals surface area contributed by atoms with Crippen LogP contribution in [0.25, 0.3) is 10.9 Å². The van der Waals surface area contributed by atoms with Gasteiger partial charge in [0.2, 0.25) is 0 Å². The molecule has 2 aromatic rings. The number of aromatic nitrogens is 1. The van der Waals surface area contributed by atoms with Crippen LogP contribution in [-0.4, -0.2) is 42.8 Å². The lowest BCUT2D eigenvalue weighted by Crippen LogP contribution is -2.17. The van der Waals surface area contributed by atoms with Crippen LogP contribution in [0.1, 0.15) is 0 Å². The van der Waals surface area contributed by atoms with E-state index in [4.69, 9.17) is 14.2 Å². The van der Waals surface area contributed by atoms with E-state index in [-0.39, 0.29) is 30.2 Å². The van der Waals surface area contributed by atoms with Crippen LogP contribution in [0.2, 0.25) is 0 Å². The highest BCUT2D eigenvalue weighted by atomic mass is 16.6. The predicted octanol–water partition coefficient (Wildman–Crippen LogP) is 1.71. The van der Waals surface area contributed by atoms with Gasteiger partial charge >= 0.3 is 5.97 Å². The molecule has 8 heteroatoms. The van der Waals surface area contributed by atoms with Crippen LogP contribution in [-0.2, 0) is 14.3 Å². The fourth-order valence-electron chi connectivity index (χ4n) is 1.82. The minimum absolute atomic E-state index is 0.0979. The molecule has 0 unspecified atom stereocenters. The molecular weight excluding hydrogens is 292 g/mol. The lowest BCUT2D eigenvalue weighted by atomic mass is 10.1. The molecule has 0 atom stereocenters. The Kier molecular flexibility index (Phi) is 5.34. The van der Waals surface area contributed by atoms with Crippen molar-refractivity contribution >= 4 is 22.6 Å². The van der Waals surface area contributed by atoms with Gasteiger partial charge in [0.25, 0.3) is 5.69 Å². The minimum Gasteiger partial charge on any atom is -0.422 e. The number of benzene rings is 1. The highest BCUT2D eigenvalue weighted by molar-refractivity contribution is 5.93. The zero-order valence-corrected chi connectivity index (χ0v) is 11.9. The number of methoxy groups -OCH3 is 1. The molecule has 0 spiro atoms. The molecule has 0 aliphatic rings. The fourth-order valence-corrected chi connectivity index (χ4v) is 1.82. The van der Waals surface area contributed by atoms with Crippen molar-refractivity contribution in [3.8, 4) is 5.75 Å². The second kappa shape index (κ2) is 7.43. The summed E-state index contributed by atoms with van der Waals surface area (Å²) in [6.07, 6.45) is 1.47. The van der Waals surface area contributed by atoms with Crippen LogP contribution in [0.3, 0.4) is 0 Å². The first kappa shape index (κ1) is 15.8. The van der Waals surface area contributed by atoms with E-state index in [0.29, 0.717) is 12.0 Å². The Morgan fingerprint density at radius 2 is 2.14 bits per heavy atom. The topological polar surface area (TPSA) is 101 Å². The van der Waals surface area contributed by atoms with E-state index in [1.807, 2.05) is 0 Å². The van der Waals surface area contributed by atoms with Crippen molar-refractivity contribution in [3.63, 3.8) is 0 Å². The lowest BCUT2D eigenvalue weighted by molar-refractivity contribution is -0.383. The van der Waals surface area contributed by atoms with E-state index < -0.39 is 10.9 Å². The monoisotopic (exact) mass is 306 g/mol. The maximum Gasteiger partial charge on any atom is 0.337 e. The van der Waals surface area contributed by atoms with Crippen molar-refractivity contribution < 1.29 is 23.9 Å². The molecule has 0 amide bonds. The van der Waals surface area contributed by atoms with Crippen LogP contribution in [0.4, 0.5) is 5.69 Å². The van der Waals surface area contributed by atoms with Crippen LogP contribution in [0.5, 0.6) is 5.75 Å². The van der Waals surface area contributed by atoms with E-state index in [9.17, 15) is 14.9 Å². The minimum atomic E-state index is -0.614. The number of non-ortho nitro benzene ring substituents is 1. The van der Waals surface area contributed by atoms with E-state index in [1.165, 1.54) is 25.4 Å². The molecule has 2 rings (SSSR count). The normalized spacial score (nSPS) is 10.6. The second-order valence-corrected chi connectivity index (χ2v) is 4.26. The number of carbonyl (C=O) groups is 1. The molecule has 0 bridgehead atoms. The zero-order valence-electron chi connectivity index (χ0n) is 11.9. The van der Waals surface area contributed by atoms with E-state index in [0.717, 1.165) is 0 Å². The number of ether oxygens (including phenoxy) is 3. The van der Waals surface area contributed by atoms with Crippen LogP contribution in [0.15, 0.2) is 30.5 Å².